The lowest BCUT2D eigenvalue weighted by Crippen LogP contribution is -1.98. The number of aldehydes is 1. The second-order valence-electron chi connectivity index (χ2n) is 2.81. The van der Waals surface area contributed by atoms with E-state index in [0.717, 1.165) is 12.0 Å². The van der Waals surface area contributed by atoms with Crippen molar-refractivity contribution in [2.45, 2.75) is 0 Å². The molecule has 0 unspecified atom stereocenters. The highest BCUT2D eigenvalue weighted by Gasteiger charge is 2.03. The number of aromatic nitrogens is 2. The van der Waals surface area contributed by atoms with Crippen molar-refractivity contribution in [3.8, 4) is 5.69 Å². The van der Waals surface area contributed by atoms with Crippen molar-refractivity contribution >= 4 is 18.5 Å². The molecule has 14 heavy (non-hydrogen) atoms. The molecule has 0 radical (unpaired) electrons. The Hall–Kier alpha value is -1.68. The Morgan fingerprint density at radius 1 is 1.29 bits per heavy atom. The van der Waals surface area contributed by atoms with Crippen LogP contribution in [0.25, 0.3) is 5.69 Å². The van der Waals surface area contributed by atoms with Crippen LogP contribution in [0.3, 0.4) is 0 Å². The summed E-state index contributed by atoms with van der Waals surface area (Å²) in [6, 6.07) is 9.52. The molecule has 0 aliphatic rings. The Bertz CT molecular complexity index is 498. The third-order valence-electron chi connectivity index (χ3n) is 1.94. The summed E-state index contributed by atoms with van der Waals surface area (Å²) in [6.07, 6.45) is 2.38. The van der Waals surface area contributed by atoms with E-state index >= 15 is 0 Å². The maximum Gasteiger partial charge on any atom is 0.182 e. The van der Waals surface area contributed by atoms with E-state index in [9.17, 15) is 4.79 Å². The topological polar surface area (TPSA) is 37.8 Å². The van der Waals surface area contributed by atoms with Crippen molar-refractivity contribution < 1.29 is 4.79 Å². The molecule has 1 N–H and O–H groups in total. The van der Waals surface area contributed by atoms with Crippen LogP contribution in [-0.2, 0) is 0 Å². The zero-order chi connectivity index (χ0) is 9.97. The largest absolute Gasteiger partial charge is 0.336 e. The predicted molar refractivity (Wildman–Crippen MR) is 56.3 cm³/mol. The molecule has 0 fully saturated rings. The SMILES string of the molecule is O=Cc1c[nH]c(=S)n1-c1ccccc1. The molecule has 2 aromatic rings. The van der Waals surface area contributed by atoms with Crippen LogP contribution in [0.1, 0.15) is 10.5 Å². The number of hydrogen-bond acceptors (Lipinski definition) is 2. The second-order valence-corrected chi connectivity index (χ2v) is 3.19. The number of nitrogens with zero attached hydrogens (tertiary/aromatic N) is 1. The van der Waals surface area contributed by atoms with E-state index in [1.807, 2.05) is 30.3 Å². The molecule has 4 heteroatoms. The fourth-order valence-corrected chi connectivity index (χ4v) is 1.58. The Kier molecular flexibility index (Phi) is 2.28. The van der Waals surface area contributed by atoms with Gasteiger partial charge in [0.15, 0.2) is 11.1 Å². The van der Waals surface area contributed by atoms with Crippen molar-refractivity contribution in [1.82, 2.24) is 9.55 Å². The van der Waals surface area contributed by atoms with Gasteiger partial charge in [0.05, 0.1) is 0 Å². The van der Waals surface area contributed by atoms with Gasteiger partial charge in [0.25, 0.3) is 0 Å². The average molecular weight is 204 g/mol. The van der Waals surface area contributed by atoms with Gasteiger partial charge in [-0.05, 0) is 24.4 Å². The van der Waals surface area contributed by atoms with E-state index in [0.29, 0.717) is 10.5 Å². The van der Waals surface area contributed by atoms with Crippen LogP contribution < -0.4 is 0 Å². The van der Waals surface area contributed by atoms with Crippen LogP contribution in [0.4, 0.5) is 0 Å². The molecule has 0 amide bonds. The molecular formula is C10H8N2OS. The van der Waals surface area contributed by atoms with E-state index in [4.69, 9.17) is 12.2 Å². The molecule has 0 bridgehead atoms. The summed E-state index contributed by atoms with van der Waals surface area (Å²) >= 11 is 5.07. The number of para-hydroxylation sites is 1. The highest BCUT2D eigenvalue weighted by molar-refractivity contribution is 7.71. The number of nitrogens with one attached hydrogen (secondary N) is 1. The van der Waals surface area contributed by atoms with Crippen molar-refractivity contribution in [3.05, 3.63) is 47.0 Å². The Morgan fingerprint density at radius 3 is 2.64 bits per heavy atom. The summed E-state index contributed by atoms with van der Waals surface area (Å²) in [6.45, 7) is 0. The smallest absolute Gasteiger partial charge is 0.182 e. The fraction of sp³-hybridized carbons (Fsp3) is 0. The molecule has 0 saturated carbocycles. The number of benzene rings is 1. The molecule has 0 saturated heterocycles. The van der Waals surface area contributed by atoms with Crippen LogP contribution >= 0.6 is 12.2 Å². The number of carbonyl (C=O) groups excluding carboxylic acids is 1. The summed E-state index contributed by atoms with van der Waals surface area (Å²) in [5, 5.41) is 0. The van der Waals surface area contributed by atoms with E-state index in [1.165, 1.54) is 0 Å². The maximum absolute atomic E-state index is 10.7. The third kappa shape index (κ3) is 1.40. The molecule has 2 rings (SSSR count). The van der Waals surface area contributed by atoms with Crippen LogP contribution in [0, 0.1) is 4.77 Å². The first-order chi connectivity index (χ1) is 6.83. The first-order valence-corrected chi connectivity index (χ1v) is 4.55. The third-order valence-corrected chi connectivity index (χ3v) is 2.24. The van der Waals surface area contributed by atoms with E-state index < -0.39 is 0 Å². The van der Waals surface area contributed by atoms with Crippen molar-refractivity contribution in [2.75, 3.05) is 0 Å². The molecule has 0 aliphatic carbocycles. The van der Waals surface area contributed by atoms with Gasteiger partial charge in [-0.1, -0.05) is 18.2 Å². The van der Waals surface area contributed by atoms with Gasteiger partial charge in [-0.25, -0.2) is 0 Å². The van der Waals surface area contributed by atoms with Crippen LogP contribution in [-0.4, -0.2) is 15.8 Å². The number of aromatic amines is 1. The van der Waals surface area contributed by atoms with E-state index in [2.05, 4.69) is 4.98 Å². The number of rotatable bonds is 2. The van der Waals surface area contributed by atoms with Crippen LogP contribution in [0.5, 0.6) is 0 Å². The van der Waals surface area contributed by atoms with Crippen molar-refractivity contribution in [1.29, 1.82) is 0 Å². The minimum atomic E-state index is 0.526. The number of imidazole rings is 1. The number of carbonyl (C=O) groups is 1. The van der Waals surface area contributed by atoms with E-state index in [1.54, 1.807) is 10.8 Å². The molecule has 70 valence electrons. The van der Waals surface area contributed by atoms with Crippen LogP contribution in [0.2, 0.25) is 0 Å². The van der Waals surface area contributed by atoms with Gasteiger partial charge in [-0.3, -0.25) is 9.36 Å². The Balaban J connectivity index is 2.67. The van der Waals surface area contributed by atoms with Gasteiger partial charge >= 0.3 is 0 Å². The predicted octanol–water partition coefficient (Wildman–Crippen LogP) is 2.35. The Morgan fingerprint density at radius 2 is 2.00 bits per heavy atom. The average Bonchev–Trinajstić information content (AvgIpc) is 2.61. The highest BCUT2D eigenvalue weighted by Crippen LogP contribution is 2.10. The lowest BCUT2D eigenvalue weighted by Gasteiger charge is -2.02. The van der Waals surface area contributed by atoms with Crippen LogP contribution in [0.15, 0.2) is 36.5 Å². The fourth-order valence-electron chi connectivity index (χ4n) is 1.31. The first kappa shape index (κ1) is 8.90. The van der Waals surface area contributed by atoms with Gasteiger partial charge in [-0.15, -0.1) is 0 Å². The molecule has 0 aliphatic heterocycles. The normalized spacial score (nSPS) is 10.0. The minimum absolute atomic E-state index is 0.526. The lowest BCUT2D eigenvalue weighted by molar-refractivity contribution is 0.111. The lowest BCUT2D eigenvalue weighted by atomic mass is 10.3. The molecular weight excluding hydrogens is 196 g/mol. The summed E-state index contributed by atoms with van der Waals surface area (Å²) < 4.78 is 2.22. The molecule has 1 aromatic heterocycles. The minimum Gasteiger partial charge on any atom is -0.336 e. The second kappa shape index (κ2) is 3.59. The standard InChI is InChI=1S/C10H8N2OS/c13-7-9-6-11-10(14)12(9)8-4-2-1-3-5-8/h1-7H,(H,11,14). The zero-order valence-electron chi connectivity index (χ0n) is 7.31. The monoisotopic (exact) mass is 204 g/mol. The Labute approximate surface area is 86.0 Å². The van der Waals surface area contributed by atoms with Gasteiger partial charge in [-0.2, -0.15) is 0 Å². The van der Waals surface area contributed by atoms with Crippen molar-refractivity contribution in [2.24, 2.45) is 0 Å². The molecule has 0 spiro atoms. The molecule has 1 aromatic carbocycles. The molecule has 1 heterocycles. The van der Waals surface area contributed by atoms with Crippen molar-refractivity contribution in [3.63, 3.8) is 0 Å². The maximum atomic E-state index is 10.7. The van der Waals surface area contributed by atoms with Gasteiger partial charge < -0.3 is 4.98 Å². The quantitative estimate of drug-likeness (QED) is 0.602. The summed E-state index contributed by atoms with van der Waals surface area (Å²) in [7, 11) is 0. The summed E-state index contributed by atoms with van der Waals surface area (Å²) in [4.78, 5) is 13.6. The van der Waals surface area contributed by atoms with Gasteiger partial charge in [0.2, 0.25) is 0 Å². The summed E-state index contributed by atoms with van der Waals surface area (Å²) in [5.74, 6) is 0. The molecule has 3 nitrogen and oxygen atoms in total. The summed E-state index contributed by atoms with van der Waals surface area (Å²) in [5.41, 5.74) is 1.42. The number of H-pyrrole nitrogens is 1. The van der Waals surface area contributed by atoms with E-state index in [-0.39, 0.29) is 0 Å². The first-order valence-electron chi connectivity index (χ1n) is 4.14. The highest BCUT2D eigenvalue weighted by atomic mass is 32.1. The van der Waals surface area contributed by atoms with Gasteiger partial charge in [0, 0.05) is 11.9 Å². The molecule has 0 atom stereocenters. The zero-order valence-corrected chi connectivity index (χ0v) is 8.12. The number of hydrogen-bond donors (Lipinski definition) is 1. The van der Waals surface area contributed by atoms with Gasteiger partial charge in [0.1, 0.15) is 5.69 Å².